The number of aromatic nitrogens is 1. The molecule has 3 heteroatoms. The van der Waals surface area contributed by atoms with Gasteiger partial charge in [-0.15, -0.1) is 0 Å². The maximum Gasteiger partial charge on any atom is 0.142 e. The third kappa shape index (κ3) is 2.69. The molecule has 1 aliphatic rings. The zero-order chi connectivity index (χ0) is 10.5. The first-order valence-electron chi connectivity index (χ1n) is 5.66. The van der Waals surface area contributed by atoms with Gasteiger partial charge in [-0.05, 0) is 18.4 Å². The molecule has 0 saturated heterocycles. The lowest BCUT2D eigenvalue weighted by atomic mass is 9.83. The van der Waals surface area contributed by atoms with Gasteiger partial charge in [0, 0.05) is 18.3 Å². The van der Waals surface area contributed by atoms with Crippen LogP contribution in [0.4, 0.5) is 0 Å². The predicted octanol–water partition coefficient (Wildman–Crippen LogP) is 2.11. The molecule has 15 heavy (non-hydrogen) atoms. The SMILES string of the molecule is NCc1ccncc1OCCC1CCC1. The van der Waals surface area contributed by atoms with E-state index in [4.69, 9.17) is 10.5 Å². The van der Waals surface area contributed by atoms with Gasteiger partial charge in [0.1, 0.15) is 5.75 Å². The van der Waals surface area contributed by atoms with Gasteiger partial charge in [-0.3, -0.25) is 4.98 Å². The van der Waals surface area contributed by atoms with Crippen LogP contribution in [0, 0.1) is 5.92 Å². The average Bonchev–Trinajstić information content (AvgIpc) is 2.22. The summed E-state index contributed by atoms with van der Waals surface area (Å²) in [6.07, 6.45) is 8.81. The molecule has 1 aromatic heterocycles. The fourth-order valence-corrected chi connectivity index (χ4v) is 1.82. The fraction of sp³-hybridized carbons (Fsp3) is 0.583. The first-order chi connectivity index (χ1) is 7.40. The largest absolute Gasteiger partial charge is 0.492 e. The van der Waals surface area contributed by atoms with Gasteiger partial charge >= 0.3 is 0 Å². The van der Waals surface area contributed by atoms with Crippen LogP contribution >= 0.6 is 0 Å². The van der Waals surface area contributed by atoms with Gasteiger partial charge in [0.2, 0.25) is 0 Å². The summed E-state index contributed by atoms with van der Waals surface area (Å²) in [5.74, 6) is 1.74. The van der Waals surface area contributed by atoms with E-state index in [1.165, 1.54) is 25.7 Å². The van der Waals surface area contributed by atoms with Crippen LogP contribution in [0.1, 0.15) is 31.2 Å². The molecular formula is C12H18N2O. The predicted molar refractivity (Wildman–Crippen MR) is 59.6 cm³/mol. The molecule has 82 valence electrons. The first-order valence-corrected chi connectivity index (χ1v) is 5.66. The molecule has 1 saturated carbocycles. The van der Waals surface area contributed by atoms with E-state index in [-0.39, 0.29) is 0 Å². The lowest BCUT2D eigenvalue weighted by Gasteiger charge is -2.25. The highest BCUT2D eigenvalue weighted by Gasteiger charge is 2.17. The average molecular weight is 206 g/mol. The zero-order valence-electron chi connectivity index (χ0n) is 8.98. The van der Waals surface area contributed by atoms with Crippen LogP contribution in [0.3, 0.4) is 0 Å². The second-order valence-electron chi connectivity index (χ2n) is 4.12. The Bertz CT molecular complexity index is 310. The maximum atomic E-state index is 5.69. The number of hydrogen-bond acceptors (Lipinski definition) is 3. The van der Waals surface area contributed by atoms with Crippen LogP contribution in [0.2, 0.25) is 0 Å². The molecule has 0 aromatic carbocycles. The minimum Gasteiger partial charge on any atom is -0.492 e. The Kier molecular flexibility index (Phi) is 3.56. The van der Waals surface area contributed by atoms with Crippen molar-refractivity contribution in [1.29, 1.82) is 0 Å². The third-order valence-electron chi connectivity index (χ3n) is 3.10. The van der Waals surface area contributed by atoms with E-state index in [2.05, 4.69) is 4.98 Å². The smallest absolute Gasteiger partial charge is 0.142 e. The molecule has 0 atom stereocenters. The van der Waals surface area contributed by atoms with Crippen molar-refractivity contribution < 1.29 is 4.74 Å². The molecule has 0 amide bonds. The Morgan fingerprint density at radius 2 is 2.33 bits per heavy atom. The van der Waals surface area contributed by atoms with Crippen LogP contribution in [-0.2, 0) is 6.54 Å². The molecule has 0 unspecified atom stereocenters. The summed E-state index contributed by atoms with van der Waals surface area (Å²) in [4.78, 5) is 4.04. The van der Waals surface area contributed by atoms with Gasteiger partial charge in [-0.1, -0.05) is 19.3 Å². The van der Waals surface area contributed by atoms with Gasteiger partial charge in [-0.2, -0.15) is 0 Å². The second-order valence-corrected chi connectivity index (χ2v) is 4.12. The van der Waals surface area contributed by atoms with Crippen LogP contribution in [-0.4, -0.2) is 11.6 Å². The van der Waals surface area contributed by atoms with Crippen molar-refractivity contribution in [3.05, 3.63) is 24.0 Å². The van der Waals surface area contributed by atoms with E-state index < -0.39 is 0 Å². The molecule has 2 rings (SSSR count). The Labute approximate surface area is 90.7 Å². The monoisotopic (exact) mass is 206 g/mol. The number of pyridine rings is 1. The highest BCUT2D eigenvalue weighted by atomic mass is 16.5. The van der Waals surface area contributed by atoms with Gasteiger partial charge in [0.25, 0.3) is 0 Å². The summed E-state index contributed by atoms with van der Waals surface area (Å²) in [5, 5.41) is 0. The van der Waals surface area contributed by atoms with E-state index in [0.29, 0.717) is 6.54 Å². The lowest BCUT2D eigenvalue weighted by Crippen LogP contribution is -2.15. The molecule has 0 aliphatic heterocycles. The lowest BCUT2D eigenvalue weighted by molar-refractivity contribution is 0.220. The van der Waals surface area contributed by atoms with Crippen molar-refractivity contribution in [2.75, 3.05) is 6.61 Å². The molecule has 1 aromatic rings. The van der Waals surface area contributed by atoms with Crippen molar-refractivity contribution in [2.24, 2.45) is 11.7 Å². The van der Waals surface area contributed by atoms with Gasteiger partial charge in [0.15, 0.2) is 0 Å². The molecule has 1 heterocycles. The van der Waals surface area contributed by atoms with Crippen LogP contribution in [0.25, 0.3) is 0 Å². The van der Waals surface area contributed by atoms with E-state index in [9.17, 15) is 0 Å². The normalized spacial score (nSPS) is 16.1. The Morgan fingerprint density at radius 3 is 3.00 bits per heavy atom. The van der Waals surface area contributed by atoms with Crippen molar-refractivity contribution in [1.82, 2.24) is 4.98 Å². The summed E-state index contributed by atoms with van der Waals surface area (Å²) < 4.78 is 5.69. The van der Waals surface area contributed by atoms with Gasteiger partial charge in [0.05, 0.1) is 12.8 Å². The van der Waals surface area contributed by atoms with Crippen LogP contribution < -0.4 is 10.5 Å². The van der Waals surface area contributed by atoms with Gasteiger partial charge in [-0.25, -0.2) is 0 Å². The Balaban J connectivity index is 1.81. The Morgan fingerprint density at radius 1 is 1.47 bits per heavy atom. The first kappa shape index (κ1) is 10.4. The molecule has 1 aliphatic carbocycles. The summed E-state index contributed by atoms with van der Waals surface area (Å²) in [6.45, 7) is 1.31. The van der Waals surface area contributed by atoms with Crippen LogP contribution in [0.5, 0.6) is 5.75 Å². The van der Waals surface area contributed by atoms with Crippen molar-refractivity contribution in [3.63, 3.8) is 0 Å². The minimum atomic E-state index is 0.515. The van der Waals surface area contributed by atoms with E-state index >= 15 is 0 Å². The summed E-state index contributed by atoms with van der Waals surface area (Å²) in [5.41, 5.74) is 6.65. The molecular weight excluding hydrogens is 188 g/mol. The van der Waals surface area contributed by atoms with Crippen molar-refractivity contribution in [3.8, 4) is 5.75 Å². The standard InChI is InChI=1S/C12H18N2O/c13-8-11-4-6-14-9-12(11)15-7-5-10-2-1-3-10/h4,6,9-10H,1-3,5,7-8,13H2. The summed E-state index contributed by atoms with van der Waals surface area (Å²) >= 11 is 0. The fourth-order valence-electron chi connectivity index (χ4n) is 1.82. The van der Waals surface area contributed by atoms with Crippen molar-refractivity contribution >= 4 is 0 Å². The molecule has 0 bridgehead atoms. The van der Waals surface area contributed by atoms with Crippen LogP contribution in [0.15, 0.2) is 18.5 Å². The number of hydrogen-bond donors (Lipinski definition) is 1. The topological polar surface area (TPSA) is 48.1 Å². The number of nitrogens with two attached hydrogens (primary N) is 1. The van der Waals surface area contributed by atoms with E-state index in [1.807, 2.05) is 6.07 Å². The zero-order valence-corrected chi connectivity index (χ0v) is 8.98. The van der Waals surface area contributed by atoms with Gasteiger partial charge < -0.3 is 10.5 Å². The maximum absolute atomic E-state index is 5.69. The quantitative estimate of drug-likeness (QED) is 0.802. The highest BCUT2D eigenvalue weighted by molar-refractivity contribution is 5.29. The molecule has 3 nitrogen and oxygen atoms in total. The number of ether oxygens (including phenoxy) is 1. The highest BCUT2D eigenvalue weighted by Crippen LogP contribution is 2.29. The molecule has 2 N–H and O–H groups in total. The Hall–Kier alpha value is -1.09. The number of rotatable bonds is 5. The second kappa shape index (κ2) is 5.12. The molecule has 0 radical (unpaired) electrons. The number of nitrogens with zero attached hydrogens (tertiary/aromatic N) is 1. The summed E-state index contributed by atoms with van der Waals surface area (Å²) in [6, 6.07) is 1.92. The molecule has 1 fully saturated rings. The third-order valence-corrected chi connectivity index (χ3v) is 3.10. The van der Waals surface area contributed by atoms with Crippen molar-refractivity contribution in [2.45, 2.75) is 32.2 Å². The molecule has 0 spiro atoms. The van der Waals surface area contributed by atoms with E-state index in [0.717, 1.165) is 23.8 Å². The van der Waals surface area contributed by atoms with E-state index in [1.54, 1.807) is 12.4 Å². The minimum absolute atomic E-state index is 0.515. The summed E-state index contributed by atoms with van der Waals surface area (Å²) in [7, 11) is 0.